The Bertz CT molecular complexity index is 1280. The minimum Gasteiger partial charge on any atom is -0.341 e. The number of aromatic nitrogens is 2. The lowest BCUT2D eigenvalue weighted by molar-refractivity contribution is -0.127. The maximum Gasteiger partial charge on any atom is 0.266 e. The molecule has 2 aromatic heterocycles. The van der Waals surface area contributed by atoms with E-state index in [0.717, 1.165) is 22.4 Å². The maximum absolute atomic E-state index is 13.5. The molecule has 0 saturated heterocycles. The molecule has 0 N–H and O–H groups in total. The first-order chi connectivity index (χ1) is 15.0. The van der Waals surface area contributed by atoms with Crippen LogP contribution in [0.3, 0.4) is 0 Å². The zero-order valence-corrected chi connectivity index (χ0v) is 19.3. The second-order valence-electron chi connectivity index (χ2n) is 7.46. The lowest BCUT2D eigenvalue weighted by Gasteiger charge is -2.19. The number of benzene rings is 2. The number of fused-ring (bicyclic) bond motifs is 1. The fraction of sp³-hybridized carbons (Fsp3) is 0.208. The summed E-state index contributed by atoms with van der Waals surface area (Å²) in [6, 6.07) is 15.3. The van der Waals surface area contributed by atoms with E-state index in [2.05, 4.69) is 0 Å². The molecule has 5 nitrogen and oxygen atoms in total. The normalized spacial score (nSPS) is 11.1. The van der Waals surface area contributed by atoms with E-state index in [1.54, 1.807) is 33.9 Å². The zero-order chi connectivity index (χ0) is 22.0. The van der Waals surface area contributed by atoms with Gasteiger partial charge in [0.1, 0.15) is 0 Å². The molecule has 2 heterocycles. The van der Waals surface area contributed by atoms with Gasteiger partial charge in [0.25, 0.3) is 5.56 Å². The average molecular weight is 450 g/mol. The van der Waals surface area contributed by atoms with E-state index in [9.17, 15) is 9.59 Å². The van der Waals surface area contributed by atoms with Crippen molar-refractivity contribution in [2.45, 2.75) is 25.5 Å². The molecule has 158 valence electrons. The molecule has 1 amide bonds. The van der Waals surface area contributed by atoms with Crippen molar-refractivity contribution in [3.05, 3.63) is 86.3 Å². The highest BCUT2D eigenvalue weighted by Crippen LogP contribution is 2.25. The Kier molecular flexibility index (Phi) is 6.25. The van der Waals surface area contributed by atoms with Crippen LogP contribution in [0.4, 0.5) is 0 Å². The molecule has 31 heavy (non-hydrogen) atoms. The first kappa shape index (κ1) is 21.3. The molecular formula is C24H23N3O2S2. The van der Waals surface area contributed by atoms with Crippen LogP contribution in [0.25, 0.3) is 16.6 Å². The van der Waals surface area contributed by atoms with E-state index < -0.39 is 0 Å². The SMILES string of the molecule is Cc1cccc(C)c1-n1c(SCC(=O)N(C)Cc2ccsc2)nc2ccccc2c1=O. The molecule has 0 atom stereocenters. The van der Waals surface area contributed by atoms with E-state index in [-0.39, 0.29) is 17.2 Å². The average Bonchev–Trinajstić information content (AvgIpc) is 3.26. The second-order valence-corrected chi connectivity index (χ2v) is 9.19. The van der Waals surface area contributed by atoms with E-state index in [4.69, 9.17) is 4.98 Å². The van der Waals surface area contributed by atoms with Crippen molar-refractivity contribution >= 4 is 39.9 Å². The maximum atomic E-state index is 13.5. The highest BCUT2D eigenvalue weighted by atomic mass is 32.2. The number of rotatable bonds is 6. The van der Waals surface area contributed by atoms with Crippen molar-refractivity contribution in [2.24, 2.45) is 0 Å². The second kappa shape index (κ2) is 9.08. The molecule has 0 aliphatic heterocycles. The van der Waals surface area contributed by atoms with Crippen LogP contribution in [-0.2, 0) is 11.3 Å². The summed E-state index contributed by atoms with van der Waals surface area (Å²) in [7, 11) is 1.80. The number of thioether (sulfide) groups is 1. The van der Waals surface area contributed by atoms with Crippen LogP contribution < -0.4 is 5.56 Å². The molecule has 0 aliphatic carbocycles. The molecular weight excluding hydrogens is 426 g/mol. The zero-order valence-electron chi connectivity index (χ0n) is 17.7. The van der Waals surface area contributed by atoms with E-state index in [1.807, 2.05) is 67.1 Å². The van der Waals surface area contributed by atoms with Gasteiger partial charge in [-0.15, -0.1) is 0 Å². The first-order valence-corrected chi connectivity index (χ1v) is 11.8. The lowest BCUT2D eigenvalue weighted by Crippen LogP contribution is -2.28. The summed E-state index contributed by atoms with van der Waals surface area (Å²) in [5.74, 6) is 0.197. The van der Waals surface area contributed by atoms with Gasteiger partial charge in [0.2, 0.25) is 5.91 Å². The van der Waals surface area contributed by atoms with Crippen LogP contribution in [0.1, 0.15) is 16.7 Å². The highest BCUT2D eigenvalue weighted by molar-refractivity contribution is 7.99. The van der Waals surface area contributed by atoms with Gasteiger partial charge in [-0.3, -0.25) is 14.2 Å². The molecule has 0 saturated carbocycles. The molecule has 0 unspecified atom stereocenters. The van der Waals surface area contributed by atoms with E-state index >= 15 is 0 Å². The third-order valence-electron chi connectivity index (χ3n) is 5.16. The topological polar surface area (TPSA) is 55.2 Å². The van der Waals surface area contributed by atoms with Gasteiger partial charge in [0.15, 0.2) is 5.16 Å². The molecule has 7 heteroatoms. The number of nitrogens with zero attached hydrogens (tertiary/aromatic N) is 3. The predicted molar refractivity (Wildman–Crippen MR) is 128 cm³/mol. The van der Waals surface area contributed by atoms with Gasteiger partial charge in [-0.25, -0.2) is 4.98 Å². The van der Waals surface area contributed by atoms with Crippen molar-refractivity contribution in [1.29, 1.82) is 0 Å². The van der Waals surface area contributed by atoms with Gasteiger partial charge in [-0.2, -0.15) is 11.3 Å². The third kappa shape index (κ3) is 4.43. The van der Waals surface area contributed by atoms with Crippen LogP contribution in [0.5, 0.6) is 0 Å². The summed E-state index contributed by atoms with van der Waals surface area (Å²) in [4.78, 5) is 32.7. The van der Waals surface area contributed by atoms with Crippen LogP contribution in [0.15, 0.2) is 69.2 Å². The highest BCUT2D eigenvalue weighted by Gasteiger charge is 2.18. The van der Waals surface area contributed by atoms with Crippen LogP contribution in [-0.4, -0.2) is 33.2 Å². The van der Waals surface area contributed by atoms with Crippen molar-refractivity contribution < 1.29 is 4.79 Å². The molecule has 0 radical (unpaired) electrons. The summed E-state index contributed by atoms with van der Waals surface area (Å²) in [5.41, 5.74) is 4.43. The number of carbonyl (C=O) groups excluding carboxylic acids is 1. The van der Waals surface area contributed by atoms with Gasteiger partial charge in [0, 0.05) is 13.6 Å². The number of thiophene rings is 1. The third-order valence-corrected chi connectivity index (χ3v) is 6.81. The van der Waals surface area contributed by atoms with Crippen LogP contribution in [0, 0.1) is 13.8 Å². The van der Waals surface area contributed by atoms with Crippen molar-refractivity contribution in [2.75, 3.05) is 12.8 Å². The number of hydrogen-bond acceptors (Lipinski definition) is 5. The van der Waals surface area contributed by atoms with E-state index in [0.29, 0.717) is 22.6 Å². The Labute approximate surface area is 189 Å². The minimum absolute atomic E-state index is 0.00772. The van der Waals surface area contributed by atoms with Gasteiger partial charge in [0.05, 0.1) is 22.3 Å². The number of carbonyl (C=O) groups is 1. The van der Waals surface area contributed by atoms with Gasteiger partial charge in [-0.1, -0.05) is 42.1 Å². The standard InChI is InChI=1S/C24H23N3O2S2/c1-16-7-6-8-17(2)22(16)27-23(29)19-9-4-5-10-20(19)25-24(27)31-15-21(28)26(3)13-18-11-12-30-14-18/h4-12,14H,13,15H2,1-3H3. The summed E-state index contributed by atoms with van der Waals surface area (Å²) >= 11 is 2.92. The quantitative estimate of drug-likeness (QED) is 0.313. The summed E-state index contributed by atoms with van der Waals surface area (Å²) in [6.45, 7) is 4.54. The molecule has 2 aromatic carbocycles. The molecule has 0 spiro atoms. The summed E-state index contributed by atoms with van der Waals surface area (Å²) in [5, 5.41) is 5.14. The van der Waals surface area contributed by atoms with Gasteiger partial charge in [-0.05, 0) is 59.5 Å². The summed E-state index contributed by atoms with van der Waals surface area (Å²) < 4.78 is 1.66. The number of para-hydroxylation sites is 2. The fourth-order valence-electron chi connectivity index (χ4n) is 3.55. The monoisotopic (exact) mass is 449 g/mol. The Morgan fingerprint density at radius 2 is 1.84 bits per heavy atom. The van der Waals surface area contributed by atoms with Crippen molar-refractivity contribution in [3.8, 4) is 5.69 Å². The fourth-order valence-corrected chi connectivity index (χ4v) is 5.14. The van der Waals surface area contributed by atoms with Crippen molar-refractivity contribution in [3.63, 3.8) is 0 Å². The first-order valence-electron chi connectivity index (χ1n) is 9.92. The minimum atomic E-state index is -0.121. The Morgan fingerprint density at radius 1 is 1.10 bits per heavy atom. The number of aryl methyl sites for hydroxylation is 2. The van der Waals surface area contributed by atoms with Gasteiger partial charge >= 0.3 is 0 Å². The predicted octanol–water partition coefficient (Wildman–Crippen LogP) is 4.81. The van der Waals surface area contributed by atoms with Gasteiger partial charge < -0.3 is 4.90 Å². The number of amides is 1. The Hall–Kier alpha value is -2.90. The molecule has 4 aromatic rings. The van der Waals surface area contributed by atoms with Crippen LogP contribution in [0.2, 0.25) is 0 Å². The lowest BCUT2D eigenvalue weighted by atomic mass is 10.1. The molecule has 0 fully saturated rings. The van der Waals surface area contributed by atoms with E-state index in [1.165, 1.54) is 11.8 Å². The number of hydrogen-bond donors (Lipinski definition) is 0. The Morgan fingerprint density at radius 3 is 2.55 bits per heavy atom. The van der Waals surface area contributed by atoms with Crippen LogP contribution >= 0.6 is 23.1 Å². The molecule has 0 bridgehead atoms. The molecule has 4 rings (SSSR count). The molecule has 0 aliphatic rings. The Balaban J connectivity index is 1.71. The smallest absolute Gasteiger partial charge is 0.266 e. The van der Waals surface area contributed by atoms with Crippen molar-refractivity contribution in [1.82, 2.24) is 14.5 Å². The largest absolute Gasteiger partial charge is 0.341 e. The summed E-state index contributed by atoms with van der Waals surface area (Å²) in [6.07, 6.45) is 0.